The van der Waals surface area contributed by atoms with Gasteiger partial charge in [0.05, 0.1) is 30.3 Å². The second kappa shape index (κ2) is 9.78. The molecule has 1 aliphatic heterocycles. The Morgan fingerprint density at radius 3 is 2.52 bits per heavy atom. The summed E-state index contributed by atoms with van der Waals surface area (Å²) in [7, 11) is 0. The molecule has 8 heteroatoms. The largest absolute Gasteiger partial charge is 0.490 e. The van der Waals surface area contributed by atoms with Gasteiger partial charge in [-0.25, -0.2) is 4.98 Å². The number of hydrogen-bond donors (Lipinski definition) is 0. The van der Waals surface area contributed by atoms with Crippen molar-refractivity contribution in [1.29, 1.82) is 0 Å². The minimum absolute atomic E-state index is 0.0129. The van der Waals surface area contributed by atoms with Crippen LogP contribution in [0.1, 0.15) is 57.4 Å². The third kappa shape index (κ3) is 4.91. The molecule has 0 saturated carbocycles. The van der Waals surface area contributed by atoms with Gasteiger partial charge in [-0.2, -0.15) is 0 Å². The number of carbonyl (C=O) groups excluding carboxylic acids is 2. The summed E-state index contributed by atoms with van der Waals surface area (Å²) >= 11 is 1.54. The summed E-state index contributed by atoms with van der Waals surface area (Å²) in [4.78, 5) is 34.8. The standard InChI is InChI=1S/C23H29N3O4S/c1-3-29-19-9-8-16(14-20(19)30-4-2)23(28)26-12-10-25(11-13-26)15-21-24-17-6-5-7-18(27)22(17)31-21/h8-9,14H,3-7,10-13,15H2,1-2H3. The molecule has 0 unspecified atom stereocenters. The van der Waals surface area contributed by atoms with Crippen LogP contribution in [0.5, 0.6) is 11.5 Å². The third-order valence-corrected chi connectivity index (χ3v) is 6.74. The number of benzene rings is 1. The highest BCUT2D eigenvalue weighted by Gasteiger charge is 2.26. The number of ether oxygens (including phenoxy) is 2. The van der Waals surface area contributed by atoms with Gasteiger partial charge in [0.15, 0.2) is 17.3 Å². The number of piperazine rings is 1. The first-order valence-corrected chi connectivity index (χ1v) is 11.8. The molecular formula is C23H29N3O4S. The second-order valence-electron chi connectivity index (χ2n) is 7.76. The Bertz CT molecular complexity index is 950. The van der Waals surface area contributed by atoms with E-state index in [0.717, 1.165) is 48.1 Å². The summed E-state index contributed by atoms with van der Waals surface area (Å²) in [5.41, 5.74) is 1.59. The van der Waals surface area contributed by atoms with Crippen molar-refractivity contribution >= 4 is 23.0 Å². The average molecular weight is 444 g/mol. The normalized spacial score (nSPS) is 16.8. The summed E-state index contributed by atoms with van der Waals surface area (Å²) < 4.78 is 11.3. The molecule has 4 rings (SSSR count). The zero-order valence-electron chi connectivity index (χ0n) is 18.2. The number of carbonyl (C=O) groups is 2. The number of hydrogen-bond acceptors (Lipinski definition) is 7. The van der Waals surface area contributed by atoms with E-state index in [2.05, 4.69) is 4.90 Å². The van der Waals surface area contributed by atoms with Crippen molar-refractivity contribution in [2.45, 2.75) is 39.7 Å². The number of amides is 1. The minimum Gasteiger partial charge on any atom is -0.490 e. The number of rotatable bonds is 7. The predicted molar refractivity (Wildman–Crippen MR) is 119 cm³/mol. The van der Waals surface area contributed by atoms with Gasteiger partial charge in [0, 0.05) is 38.2 Å². The Hall–Kier alpha value is -2.45. The fourth-order valence-electron chi connectivity index (χ4n) is 4.05. The molecule has 0 N–H and O–H groups in total. The number of thiazole rings is 1. The molecule has 0 radical (unpaired) electrons. The number of ketones is 1. The van der Waals surface area contributed by atoms with E-state index in [0.29, 0.717) is 49.8 Å². The van der Waals surface area contributed by atoms with Crippen LogP contribution in [0.2, 0.25) is 0 Å². The van der Waals surface area contributed by atoms with Crippen molar-refractivity contribution in [3.8, 4) is 11.5 Å². The molecule has 0 bridgehead atoms. The van der Waals surface area contributed by atoms with Crippen molar-refractivity contribution < 1.29 is 19.1 Å². The highest BCUT2D eigenvalue weighted by molar-refractivity contribution is 7.13. The van der Waals surface area contributed by atoms with Crippen molar-refractivity contribution in [1.82, 2.24) is 14.8 Å². The SMILES string of the molecule is CCOc1ccc(C(=O)N2CCN(Cc3nc4c(s3)C(=O)CCC4)CC2)cc1OCC. The first-order chi connectivity index (χ1) is 15.1. The molecule has 2 heterocycles. The van der Waals surface area contributed by atoms with Gasteiger partial charge in [0.25, 0.3) is 5.91 Å². The Labute approximate surface area is 187 Å². The molecular weight excluding hydrogens is 414 g/mol. The molecule has 1 fully saturated rings. The fraction of sp³-hybridized carbons (Fsp3) is 0.522. The first-order valence-electron chi connectivity index (χ1n) is 11.0. The fourth-order valence-corrected chi connectivity index (χ4v) is 5.17. The van der Waals surface area contributed by atoms with E-state index in [1.807, 2.05) is 24.8 Å². The van der Waals surface area contributed by atoms with Crippen LogP contribution >= 0.6 is 11.3 Å². The van der Waals surface area contributed by atoms with E-state index < -0.39 is 0 Å². The van der Waals surface area contributed by atoms with Crippen LogP contribution in [0.25, 0.3) is 0 Å². The second-order valence-corrected chi connectivity index (χ2v) is 8.84. The monoisotopic (exact) mass is 443 g/mol. The lowest BCUT2D eigenvalue weighted by molar-refractivity contribution is 0.0627. The van der Waals surface area contributed by atoms with E-state index in [-0.39, 0.29) is 11.7 Å². The summed E-state index contributed by atoms with van der Waals surface area (Å²) in [6.45, 7) is 8.56. The molecule has 1 aromatic carbocycles. The Kier molecular flexibility index (Phi) is 6.87. The van der Waals surface area contributed by atoms with E-state index in [4.69, 9.17) is 14.5 Å². The lowest BCUT2D eigenvalue weighted by atomic mass is 10.0. The van der Waals surface area contributed by atoms with Crippen LogP contribution in [-0.2, 0) is 13.0 Å². The van der Waals surface area contributed by atoms with Gasteiger partial charge in [-0.05, 0) is 44.9 Å². The quantitative estimate of drug-likeness (QED) is 0.653. The van der Waals surface area contributed by atoms with Crippen LogP contribution in [0.4, 0.5) is 0 Å². The van der Waals surface area contributed by atoms with Crippen LogP contribution < -0.4 is 9.47 Å². The molecule has 1 amide bonds. The van der Waals surface area contributed by atoms with E-state index in [1.165, 1.54) is 0 Å². The maximum absolute atomic E-state index is 13.0. The summed E-state index contributed by atoms with van der Waals surface area (Å²) in [5, 5.41) is 1.01. The van der Waals surface area contributed by atoms with Crippen molar-refractivity contribution in [2.75, 3.05) is 39.4 Å². The number of aryl methyl sites for hydroxylation is 1. The maximum atomic E-state index is 13.0. The van der Waals surface area contributed by atoms with E-state index in [1.54, 1.807) is 23.5 Å². The van der Waals surface area contributed by atoms with Crippen molar-refractivity contribution in [2.24, 2.45) is 0 Å². The molecule has 1 aromatic heterocycles. The topological polar surface area (TPSA) is 72.0 Å². The third-order valence-electron chi connectivity index (χ3n) is 5.62. The lowest BCUT2D eigenvalue weighted by Crippen LogP contribution is -2.48. The van der Waals surface area contributed by atoms with Gasteiger partial charge in [-0.15, -0.1) is 11.3 Å². The van der Waals surface area contributed by atoms with Gasteiger partial charge in [-0.3, -0.25) is 14.5 Å². The average Bonchev–Trinajstić information content (AvgIpc) is 3.19. The molecule has 31 heavy (non-hydrogen) atoms. The Morgan fingerprint density at radius 2 is 1.81 bits per heavy atom. The van der Waals surface area contributed by atoms with Crippen LogP contribution in [0.3, 0.4) is 0 Å². The molecule has 0 spiro atoms. The lowest BCUT2D eigenvalue weighted by Gasteiger charge is -2.34. The first kappa shape index (κ1) is 21.8. The van der Waals surface area contributed by atoms with Gasteiger partial charge in [-0.1, -0.05) is 0 Å². The molecule has 1 aliphatic carbocycles. The summed E-state index contributed by atoms with van der Waals surface area (Å²) in [6, 6.07) is 5.39. The minimum atomic E-state index is 0.0129. The van der Waals surface area contributed by atoms with Gasteiger partial charge >= 0.3 is 0 Å². The molecule has 1 saturated heterocycles. The molecule has 2 aliphatic rings. The highest BCUT2D eigenvalue weighted by Crippen LogP contribution is 2.30. The Morgan fingerprint density at radius 1 is 1.06 bits per heavy atom. The van der Waals surface area contributed by atoms with Crippen LogP contribution in [0.15, 0.2) is 18.2 Å². The van der Waals surface area contributed by atoms with Crippen LogP contribution in [0, 0.1) is 0 Å². The van der Waals surface area contributed by atoms with Crippen molar-refractivity contribution in [3.05, 3.63) is 39.3 Å². The highest BCUT2D eigenvalue weighted by atomic mass is 32.1. The molecule has 166 valence electrons. The molecule has 0 atom stereocenters. The Balaban J connectivity index is 1.36. The molecule has 7 nitrogen and oxygen atoms in total. The van der Waals surface area contributed by atoms with Gasteiger partial charge in [0.1, 0.15) is 5.01 Å². The van der Waals surface area contributed by atoms with Crippen LogP contribution in [-0.4, -0.2) is 65.9 Å². The summed E-state index contributed by atoms with van der Waals surface area (Å²) in [5.74, 6) is 1.52. The van der Waals surface area contributed by atoms with Crippen molar-refractivity contribution in [3.63, 3.8) is 0 Å². The predicted octanol–water partition coefficient (Wildman–Crippen LogP) is 3.42. The molecule has 2 aromatic rings. The number of Topliss-reactive ketones (excluding diaryl/α,β-unsaturated/α-hetero) is 1. The van der Waals surface area contributed by atoms with Gasteiger partial charge < -0.3 is 14.4 Å². The zero-order chi connectivity index (χ0) is 21.8. The van der Waals surface area contributed by atoms with E-state index in [9.17, 15) is 9.59 Å². The number of nitrogens with zero attached hydrogens (tertiary/aromatic N) is 3. The summed E-state index contributed by atoms with van der Waals surface area (Å²) in [6.07, 6.45) is 2.46. The smallest absolute Gasteiger partial charge is 0.254 e. The van der Waals surface area contributed by atoms with E-state index >= 15 is 0 Å². The zero-order valence-corrected chi connectivity index (χ0v) is 19.0. The van der Waals surface area contributed by atoms with Gasteiger partial charge in [0.2, 0.25) is 0 Å². The maximum Gasteiger partial charge on any atom is 0.254 e. The number of fused-ring (bicyclic) bond motifs is 1. The number of aromatic nitrogens is 1.